The molecule has 0 saturated carbocycles. The molecule has 0 aliphatic carbocycles. The monoisotopic (exact) mass is 301 g/mol. The highest BCUT2D eigenvalue weighted by atomic mass is 32.2. The quantitative estimate of drug-likeness (QED) is 0.528. The number of hydrogen-bond donors (Lipinski definition) is 1. The number of thioether (sulfide) groups is 1. The number of benzene rings is 2. The van der Waals surface area contributed by atoms with Crippen molar-refractivity contribution in [2.24, 2.45) is 0 Å². The number of hydrogen-bond acceptors (Lipinski definition) is 2. The van der Waals surface area contributed by atoms with Crippen LogP contribution >= 0.6 is 11.8 Å². The Kier molecular flexibility index (Phi) is 5.17. The van der Waals surface area contributed by atoms with Crippen LogP contribution in [-0.4, -0.2) is 19.2 Å². The minimum atomic E-state index is -0.320. The van der Waals surface area contributed by atoms with Crippen molar-refractivity contribution in [2.45, 2.75) is 4.90 Å². The van der Waals surface area contributed by atoms with Gasteiger partial charge in [-0.1, -0.05) is 24.3 Å². The fourth-order valence-corrected chi connectivity index (χ4v) is 2.32. The molecule has 0 aliphatic rings. The summed E-state index contributed by atoms with van der Waals surface area (Å²) < 4.78 is 13.0. The van der Waals surface area contributed by atoms with Crippen LogP contribution in [0.15, 0.2) is 53.4 Å². The minimum absolute atomic E-state index is 0.199. The fourth-order valence-electron chi connectivity index (χ4n) is 1.91. The standard InChI is InChI=1S/C17H16FNOS/c1-19-17(20)16(13-5-7-14(18)8-6-13)11-12-3-9-15(21-2)10-4-12/h3-11H,1-2H3,(H,19,20)/b16-11-. The molecule has 0 radical (unpaired) electrons. The zero-order valence-corrected chi connectivity index (χ0v) is 12.7. The summed E-state index contributed by atoms with van der Waals surface area (Å²) in [4.78, 5) is 13.2. The molecule has 0 unspecified atom stereocenters. The van der Waals surface area contributed by atoms with Crippen LogP contribution in [0.3, 0.4) is 0 Å². The van der Waals surface area contributed by atoms with Crippen LogP contribution in [0.5, 0.6) is 0 Å². The lowest BCUT2D eigenvalue weighted by molar-refractivity contribution is -0.115. The smallest absolute Gasteiger partial charge is 0.251 e. The van der Waals surface area contributed by atoms with Crippen molar-refractivity contribution in [3.8, 4) is 0 Å². The summed E-state index contributed by atoms with van der Waals surface area (Å²) in [5, 5.41) is 2.62. The van der Waals surface area contributed by atoms with E-state index in [0.717, 1.165) is 10.5 Å². The molecule has 0 saturated heterocycles. The van der Waals surface area contributed by atoms with Crippen LogP contribution in [0.1, 0.15) is 11.1 Å². The first-order valence-corrected chi connectivity index (χ1v) is 7.70. The third-order valence-electron chi connectivity index (χ3n) is 3.05. The summed E-state index contributed by atoms with van der Waals surface area (Å²) in [5.74, 6) is -0.519. The summed E-state index contributed by atoms with van der Waals surface area (Å²) in [5.41, 5.74) is 2.12. The number of nitrogens with one attached hydrogen (secondary N) is 1. The molecule has 2 aromatic carbocycles. The van der Waals surface area contributed by atoms with E-state index in [1.54, 1.807) is 37.0 Å². The molecule has 21 heavy (non-hydrogen) atoms. The SMILES string of the molecule is CNC(=O)/C(=C\c1ccc(SC)cc1)c1ccc(F)cc1. The van der Waals surface area contributed by atoms with Crippen molar-refractivity contribution in [1.29, 1.82) is 0 Å². The molecule has 1 amide bonds. The van der Waals surface area contributed by atoms with Gasteiger partial charge in [0.1, 0.15) is 5.82 Å². The largest absolute Gasteiger partial charge is 0.355 e. The molecular weight excluding hydrogens is 285 g/mol. The van der Waals surface area contributed by atoms with Gasteiger partial charge in [-0.25, -0.2) is 4.39 Å². The van der Waals surface area contributed by atoms with E-state index in [0.29, 0.717) is 11.1 Å². The third kappa shape index (κ3) is 3.95. The topological polar surface area (TPSA) is 29.1 Å². The molecule has 108 valence electrons. The van der Waals surface area contributed by atoms with Crippen LogP contribution in [-0.2, 0) is 4.79 Å². The highest BCUT2D eigenvalue weighted by Gasteiger charge is 2.10. The zero-order valence-electron chi connectivity index (χ0n) is 11.9. The van der Waals surface area contributed by atoms with E-state index < -0.39 is 0 Å². The van der Waals surface area contributed by atoms with Gasteiger partial charge in [0.05, 0.1) is 0 Å². The van der Waals surface area contributed by atoms with Crippen LogP contribution < -0.4 is 5.32 Å². The molecule has 2 nitrogen and oxygen atoms in total. The Morgan fingerprint density at radius 2 is 1.71 bits per heavy atom. The van der Waals surface area contributed by atoms with E-state index in [-0.39, 0.29) is 11.7 Å². The number of amides is 1. The molecular formula is C17H16FNOS. The van der Waals surface area contributed by atoms with Gasteiger partial charge in [0.25, 0.3) is 5.91 Å². The molecule has 0 heterocycles. The Labute approximate surface area is 128 Å². The molecule has 2 rings (SSSR count). The van der Waals surface area contributed by atoms with Crippen molar-refractivity contribution in [3.05, 3.63) is 65.5 Å². The summed E-state index contributed by atoms with van der Waals surface area (Å²) >= 11 is 1.66. The Morgan fingerprint density at radius 1 is 1.10 bits per heavy atom. The third-order valence-corrected chi connectivity index (χ3v) is 3.80. The van der Waals surface area contributed by atoms with Gasteiger partial charge in [0.15, 0.2) is 0 Å². The first kappa shape index (κ1) is 15.3. The maximum absolute atomic E-state index is 13.0. The highest BCUT2D eigenvalue weighted by molar-refractivity contribution is 7.98. The highest BCUT2D eigenvalue weighted by Crippen LogP contribution is 2.21. The van der Waals surface area contributed by atoms with Gasteiger partial charge < -0.3 is 5.32 Å². The van der Waals surface area contributed by atoms with E-state index in [4.69, 9.17) is 0 Å². The van der Waals surface area contributed by atoms with Crippen molar-refractivity contribution in [3.63, 3.8) is 0 Å². The van der Waals surface area contributed by atoms with E-state index in [1.807, 2.05) is 30.5 Å². The van der Waals surface area contributed by atoms with Crippen LogP contribution in [0.25, 0.3) is 11.6 Å². The lowest BCUT2D eigenvalue weighted by atomic mass is 10.0. The first-order chi connectivity index (χ1) is 10.1. The van der Waals surface area contributed by atoms with Crippen LogP contribution in [0.4, 0.5) is 4.39 Å². The predicted octanol–water partition coefficient (Wildman–Crippen LogP) is 3.83. The van der Waals surface area contributed by atoms with Gasteiger partial charge in [-0.15, -0.1) is 11.8 Å². The fraction of sp³-hybridized carbons (Fsp3) is 0.118. The molecule has 0 atom stereocenters. The molecule has 0 spiro atoms. The summed E-state index contributed by atoms with van der Waals surface area (Å²) in [7, 11) is 1.58. The number of carbonyl (C=O) groups excluding carboxylic acids is 1. The Morgan fingerprint density at radius 3 is 2.24 bits per heavy atom. The maximum Gasteiger partial charge on any atom is 0.251 e. The van der Waals surface area contributed by atoms with Gasteiger partial charge in [-0.05, 0) is 47.7 Å². The van der Waals surface area contributed by atoms with E-state index in [2.05, 4.69) is 5.32 Å². The molecule has 0 aromatic heterocycles. The molecule has 2 aromatic rings. The average molecular weight is 301 g/mol. The minimum Gasteiger partial charge on any atom is -0.355 e. The Bertz CT molecular complexity index is 647. The second kappa shape index (κ2) is 7.09. The van der Waals surface area contributed by atoms with Gasteiger partial charge in [0, 0.05) is 17.5 Å². The maximum atomic E-state index is 13.0. The zero-order chi connectivity index (χ0) is 15.2. The number of rotatable bonds is 4. The number of halogens is 1. The second-order valence-corrected chi connectivity index (χ2v) is 5.30. The van der Waals surface area contributed by atoms with Crippen molar-refractivity contribution >= 4 is 29.3 Å². The molecule has 0 fully saturated rings. The Hall–Kier alpha value is -2.07. The average Bonchev–Trinajstić information content (AvgIpc) is 2.53. The number of likely N-dealkylation sites (N-methyl/N-ethyl adjacent to an activating group) is 1. The summed E-state index contributed by atoms with van der Waals surface area (Å²) in [6.45, 7) is 0. The van der Waals surface area contributed by atoms with Gasteiger partial charge >= 0.3 is 0 Å². The number of carbonyl (C=O) groups is 1. The van der Waals surface area contributed by atoms with E-state index >= 15 is 0 Å². The second-order valence-electron chi connectivity index (χ2n) is 4.42. The molecule has 0 aliphatic heterocycles. The summed E-state index contributed by atoms with van der Waals surface area (Å²) in [6, 6.07) is 13.8. The van der Waals surface area contributed by atoms with Gasteiger partial charge in [-0.3, -0.25) is 4.79 Å². The van der Waals surface area contributed by atoms with Crippen molar-refractivity contribution < 1.29 is 9.18 Å². The predicted molar refractivity (Wildman–Crippen MR) is 86.6 cm³/mol. The van der Waals surface area contributed by atoms with Crippen LogP contribution in [0, 0.1) is 5.82 Å². The normalized spacial score (nSPS) is 11.3. The molecule has 1 N–H and O–H groups in total. The van der Waals surface area contributed by atoms with Crippen molar-refractivity contribution in [2.75, 3.05) is 13.3 Å². The van der Waals surface area contributed by atoms with E-state index in [9.17, 15) is 9.18 Å². The van der Waals surface area contributed by atoms with Gasteiger partial charge in [0.2, 0.25) is 0 Å². The first-order valence-electron chi connectivity index (χ1n) is 6.48. The molecule has 4 heteroatoms. The van der Waals surface area contributed by atoms with E-state index in [1.165, 1.54) is 12.1 Å². The van der Waals surface area contributed by atoms with Crippen molar-refractivity contribution in [1.82, 2.24) is 5.32 Å². The molecule has 0 bridgehead atoms. The lowest BCUT2D eigenvalue weighted by Gasteiger charge is -2.07. The Balaban J connectivity index is 2.41. The van der Waals surface area contributed by atoms with Crippen LogP contribution in [0.2, 0.25) is 0 Å². The summed E-state index contributed by atoms with van der Waals surface area (Å²) in [6.07, 6.45) is 3.81. The van der Waals surface area contributed by atoms with Gasteiger partial charge in [-0.2, -0.15) is 0 Å². The lowest BCUT2D eigenvalue weighted by Crippen LogP contribution is -2.19.